The highest BCUT2D eigenvalue weighted by atomic mass is 16.6. The molecule has 1 aliphatic heterocycles. The van der Waals surface area contributed by atoms with Crippen molar-refractivity contribution in [3.63, 3.8) is 0 Å². The van der Waals surface area contributed by atoms with Crippen LogP contribution in [0.3, 0.4) is 0 Å². The van der Waals surface area contributed by atoms with Crippen LogP contribution >= 0.6 is 0 Å². The molecule has 0 radical (unpaired) electrons. The normalized spacial score (nSPS) is 17.7. The Bertz CT molecular complexity index is 675. The summed E-state index contributed by atoms with van der Waals surface area (Å²) in [7, 11) is 1.63. The summed E-state index contributed by atoms with van der Waals surface area (Å²) >= 11 is 0. The minimum atomic E-state index is -0.544. The van der Waals surface area contributed by atoms with Crippen LogP contribution in [0.4, 0.5) is 4.79 Å². The highest BCUT2D eigenvalue weighted by Crippen LogP contribution is 2.20. The first-order valence-corrected chi connectivity index (χ1v) is 8.12. The zero-order chi connectivity index (χ0) is 17.9. The summed E-state index contributed by atoms with van der Waals surface area (Å²) in [5.74, 6) is -0.316. The number of likely N-dealkylation sites (tertiary alicyclic amines) is 1. The van der Waals surface area contributed by atoms with Crippen LogP contribution in [0.25, 0.3) is 0 Å². The first-order valence-electron chi connectivity index (χ1n) is 8.12. The smallest absolute Gasteiger partial charge is 0.410 e. The predicted octanol–water partition coefficient (Wildman–Crippen LogP) is 1.51. The number of aromatic nitrogens is 1. The number of aryl methyl sites for hydroxylation is 1. The molecule has 0 saturated carbocycles. The Labute approximate surface area is 141 Å². The van der Waals surface area contributed by atoms with E-state index in [4.69, 9.17) is 4.74 Å². The van der Waals surface area contributed by atoms with Crippen molar-refractivity contribution >= 4 is 12.0 Å². The zero-order valence-corrected chi connectivity index (χ0v) is 14.7. The number of amides is 2. The number of carbonyl (C=O) groups excluding carboxylic acids is 2. The SMILES string of the molecule is Cn1ccc(C(=O)NC[C@H]2CCCN2C(=O)OC(C)(C)C)cc1=O. The molecule has 132 valence electrons. The second kappa shape index (κ2) is 7.07. The van der Waals surface area contributed by atoms with E-state index >= 15 is 0 Å². The van der Waals surface area contributed by atoms with Crippen LogP contribution in [0.15, 0.2) is 23.1 Å². The summed E-state index contributed by atoms with van der Waals surface area (Å²) in [5.41, 5.74) is -0.462. The van der Waals surface area contributed by atoms with Crippen molar-refractivity contribution in [2.24, 2.45) is 7.05 Å². The summed E-state index contributed by atoms with van der Waals surface area (Å²) in [5, 5.41) is 2.80. The molecule has 0 unspecified atom stereocenters. The van der Waals surface area contributed by atoms with Gasteiger partial charge in [0.05, 0.1) is 6.04 Å². The molecule has 7 heteroatoms. The molecule has 1 aliphatic rings. The lowest BCUT2D eigenvalue weighted by atomic mass is 10.2. The summed E-state index contributed by atoms with van der Waals surface area (Å²) < 4.78 is 6.80. The molecule has 0 aliphatic carbocycles. The van der Waals surface area contributed by atoms with Gasteiger partial charge in [-0.3, -0.25) is 9.59 Å². The topological polar surface area (TPSA) is 80.6 Å². The van der Waals surface area contributed by atoms with Gasteiger partial charge in [-0.25, -0.2) is 4.79 Å². The Kier molecular flexibility index (Phi) is 5.31. The molecule has 2 heterocycles. The van der Waals surface area contributed by atoms with Gasteiger partial charge in [0.2, 0.25) is 0 Å². The lowest BCUT2D eigenvalue weighted by Crippen LogP contribution is -2.45. The number of rotatable bonds is 3. The van der Waals surface area contributed by atoms with Gasteiger partial charge in [0.25, 0.3) is 11.5 Å². The minimum Gasteiger partial charge on any atom is -0.444 e. The fourth-order valence-electron chi connectivity index (χ4n) is 2.61. The minimum absolute atomic E-state index is 0.0876. The maximum Gasteiger partial charge on any atom is 0.410 e. The number of ether oxygens (including phenoxy) is 1. The summed E-state index contributed by atoms with van der Waals surface area (Å²) in [6.45, 7) is 6.45. The van der Waals surface area contributed by atoms with Crippen molar-refractivity contribution < 1.29 is 14.3 Å². The summed E-state index contributed by atoms with van der Waals surface area (Å²) in [6.07, 6.45) is 2.90. The van der Waals surface area contributed by atoms with Crippen molar-refractivity contribution in [3.05, 3.63) is 34.2 Å². The zero-order valence-electron chi connectivity index (χ0n) is 14.7. The summed E-state index contributed by atoms with van der Waals surface area (Å²) in [4.78, 5) is 37.6. The number of carbonyl (C=O) groups is 2. The maximum absolute atomic E-state index is 12.2. The summed E-state index contributed by atoms with van der Waals surface area (Å²) in [6, 6.07) is 2.81. The number of nitrogens with one attached hydrogen (secondary N) is 1. The molecule has 1 saturated heterocycles. The average Bonchev–Trinajstić information content (AvgIpc) is 2.94. The third kappa shape index (κ3) is 4.59. The van der Waals surface area contributed by atoms with Gasteiger partial charge in [-0.1, -0.05) is 0 Å². The standard InChI is InChI=1S/C17H25N3O4/c1-17(2,3)24-16(23)20-8-5-6-13(20)11-18-15(22)12-7-9-19(4)14(21)10-12/h7,9-10,13H,5-6,8,11H2,1-4H3,(H,18,22)/t13-/m1/s1. The van der Waals surface area contributed by atoms with Crippen molar-refractivity contribution in [2.45, 2.75) is 45.3 Å². The Morgan fingerprint density at radius 3 is 2.71 bits per heavy atom. The van der Waals surface area contributed by atoms with Crippen LogP contribution in [0.2, 0.25) is 0 Å². The fraction of sp³-hybridized carbons (Fsp3) is 0.588. The molecule has 7 nitrogen and oxygen atoms in total. The number of pyridine rings is 1. The third-order valence-corrected chi connectivity index (χ3v) is 3.87. The molecule has 24 heavy (non-hydrogen) atoms. The van der Waals surface area contributed by atoms with Gasteiger partial charge in [0.1, 0.15) is 5.60 Å². The second-order valence-electron chi connectivity index (χ2n) is 7.04. The lowest BCUT2D eigenvalue weighted by Gasteiger charge is -2.28. The molecule has 1 N–H and O–H groups in total. The van der Waals surface area contributed by atoms with E-state index in [0.717, 1.165) is 12.8 Å². The van der Waals surface area contributed by atoms with Crippen LogP contribution < -0.4 is 10.9 Å². The highest BCUT2D eigenvalue weighted by molar-refractivity contribution is 5.94. The van der Waals surface area contributed by atoms with Crippen molar-refractivity contribution in [1.29, 1.82) is 0 Å². The van der Waals surface area contributed by atoms with Gasteiger partial charge in [0.15, 0.2) is 0 Å². The van der Waals surface area contributed by atoms with Crippen molar-refractivity contribution in [3.8, 4) is 0 Å². The molecule has 2 amide bonds. The Morgan fingerprint density at radius 1 is 1.38 bits per heavy atom. The van der Waals surface area contributed by atoms with E-state index in [1.807, 2.05) is 20.8 Å². The predicted molar refractivity (Wildman–Crippen MR) is 90.0 cm³/mol. The van der Waals surface area contributed by atoms with Crippen LogP contribution in [-0.4, -0.2) is 46.2 Å². The molecule has 1 fully saturated rings. The average molecular weight is 335 g/mol. The van der Waals surface area contributed by atoms with Gasteiger partial charge in [0, 0.05) is 38.0 Å². The van der Waals surface area contributed by atoms with Crippen LogP contribution in [0.1, 0.15) is 44.0 Å². The number of nitrogens with zero attached hydrogens (tertiary/aromatic N) is 2. The van der Waals surface area contributed by atoms with E-state index in [9.17, 15) is 14.4 Å². The molecule has 1 aromatic heterocycles. The molecule has 1 atom stereocenters. The molecule has 0 aromatic carbocycles. The van der Waals surface area contributed by atoms with E-state index in [1.165, 1.54) is 10.6 Å². The molecule has 0 bridgehead atoms. The quantitative estimate of drug-likeness (QED) is 0.908. The molecule has 1 aromatic rings. The Balaban J connectivity index is 1.95. The molecular weight excluding hydrogens is 310 g/mol. The van der Waals surface area contributed by atoms with Crippen LogP contribution in [0, 0.1) is 0 Å². The number of hydrogen-bond acceptors (Lipinski definition) is 4. The van der Waals surface area contributed by atoms with Gasteiger partial charge in [-0.05, 0) is 39.7 Å². The highest BCUT2D eigenvalue weighted by Gasteiger charge is 2.32. The van der Waals surface area contributed by atoms with E-state index in [0.29, 0.717) is 18.7 Å². The molecular formula is C17H25N3O4. The van der Waals surface area contributed by atoms with Crippen LogP contribution in [-0.2, 0) is 11.8 Å². The van der Waals surface area contributed by atoms with Crippen LogP contribution in [0.5, 0.6) is 0 Å². The number of hydrogen-bond donors (Lipinski definition) is 1. The van der Waals surface area contributed by atoms with E-state index in [1.54, 1.807) is 24.2 Å². The van der Waals surface area contributed by atoms with Gasteiger partial charge >= 0.3 is 6.09 Å². The van der Waals surface area contributed by atoms with E-state index < -0.39 is 5.60 Å². The monoisotopic (exact) mass is 335 g/mol. The second-order valence-corrected chi connectivity index (χ2v) is 7.04. The lowest BCUT2D eigenvalue weighted by molar-refractivity contribution is 0.0225. The Hall–Kier alpha value is -2.31. The maximum atomic E-state index is 12.2. The van der Waals surface area contributed by atoms with Gasteiger partial charge in [-0.2, -0.15) is 0 Å². The first-order chi connectivity index (χ1) is 11.2. The van der Waals surface area contributed by atoms with Gasteiger partial charge in [-0.15, -0.1) is 0 Å². The molecule has 0 spiro atoms. The van der Waals surface area contributed by atoms with Gasteiger partial charge < -0.3 is 19.5 Å². The van der Waals surface area contributed by atoms with Crippen molar-refractivity contribution in [1.82, 2.24) is 14.8 Å². The fourth-order valence-corrected chi connectivity index (χ4v) is 2.61. The largest absolute Gasteiger partial charge is 0.444 e. The van der Waals surface area contributed by atoms with E-state index in [2.05, 4.69) is 5.32 Å². The first kappa shape index (κ1) is 18.0. The molecule has 2 rings (SSSR count). The van der Waals surface area contributed by atoms with Crippen molar-refractivity contribution in [2.75, 3.05) is 13.1 Å². The Morgan fingerprint density at radius 2 is 2.08 bits per heavy atom. The third-order valence-electron chi connectivity index (χ3n) is 3.87. The van der Waals surface area contributed by atoms with E-state index in [-0.39, 0.29) is 23.6 Å².